The lowest BCUT2D eigenvalue weighted by molar-refractivity contribution is -0.119. The molecule has 1 aliphatic heterocycles. The predicted molar refractivity (Wildman–Crippen MR) is 137 cm³/mol. The van der Waals surface area contributed by atoms with Gasteiger partial charge in [-0.1, -0.05) is 30.8 Å². The molecule has 1 fully saturated rings. The van der Waals surface area contributed by atoms with Crippen LogP contribution in [0.15, 0.2) is 34.2 Å². The van der Waals surface area contributed by atoms with Crippen molar-refractivity contribution in [1.82, 2.24) is 24.7 Å². The Bertz CT molecular complexity index is 974. The van der Waals surface area contributed by atoms with E-state index in [1.165, 1.54) is 11.8 Å². The van der Waals surface area contributed by atoms with Crippen molar-refractivity contribution in [2.75, 3.05) is 31.9 Å². The smallest absolute Gasteiger partial charge is 0.262 e. The van der Waals surface area contributed by atoms with Gasteiger partial charge in [0.1, 0.15) is 0 Å². The van der Waals surface area contributed by atoms with Gasteiger partial charge >= 0.3 is 0 Å². The minimum Gasteiger partial charge on any atom is -0.353 e. The molecule has 1 aliphatic rings. The molecule has 0 saturated carbocycles. The number of aromatic nitrogens is 2. The standard InChI is InChI=1S/C25H39N5O2S/c1-6-28-13-11-20(12-14-28)26-23(31)17-33-25-27-22-10-8-7-9-21(22)24(32)30(25)16-15-29(18(2)3)19(4)5/h7-10,18-20H,6,11-17H2,1-5H3,(H,26,31). The number of nitrogens with one attached hydrogen (secondary N) is 1. The van der Waals surface area contributed by atoms with Crippen LogP contribution < -0.4 is 10.9 Å². The second kappa shape index (κ2) is 12.0. The quantitative estimate of drug-likeness (QED) is 0.422. The zero-order valence-electron chi connectivity index (χ0n) is 20.7. The van der Waals surface area contributed by atoms with E-state index in [-0.39, 0.29) is 23.3 Å². The Balaban J connectivity index is 1.73. The molecular weight excluding hydrogens is 434 g/mol. The summed E-state index contributed by atoms with van der Waals surface area (Å²) in [4.78, 5) is 35.5. The van der Waals surface area contributed by atoms with Crippen LogP contribution in [-0.4, -0.2) is 75.3 Å². The van der Waals surface area contributed by atoms with Crippen LogP contribution in [0.3, 0.4) is 0 Å². The Labute approximate surface area is 201 Å². The lowest BCUT2D eigenvalue weighted by Gasteiger charge is -2.31. The fraction of sp³-hybridized carbons (Fsp3) is 0.640. The van der Waals surface area contributed by atoms with Gasteiger partial charge in [-0.05, 0) is 59.2 Å². The van der Waals surface area contributed by atoms with Crippen LogP contribution in [0.2, 0.25) is 0 Å². The van der Waals surface area contributed by atoms with Crippen LogP contribution in [-0.2, 0) is 11.3 Å². The average molecular weight is 474 g/mol. The van der Waals surface area contributed by atoms with Gasteiger partial charge in [-0.25, -0.2) is 4.98 Å². The van der Waals surface area contributed by atoms with Crippen molar-refractivity contribution in [3.63, 3.8) is 0 Å². The van der Waals surface area contributed by atoms with E-state index in [1.54, 1.807) is 4.57 Å². The summed E-state index contributed by atoms with van der Waals surface area (Å²) in [6, 6.07) is 8.45. The fourth-order valence-electron chi connectivity index (χ4n) is 4.58. The maximum atomic E-state index is 13.3. The second-order valence-electron chi connectivity index (χ2n) is 9.36. The van der Waals surface area contributed by atoms with Crippen LogP contribution in [0.1, 0.15) is 47.5 Å². The molecule has 0 aliphatic carbocycles. The Morgan fingerprint density at radius 1 is 1.18 bits per heavy atom. The summed E-state index contributed by atoms with van der Waals surface area (Å²) in [6.45, 7) is 15.3. The van der Waals surface area contributed by atoms with Gasteiger partial charge in [0.2, 0.25) is 5.91 Å². The highest BCUT2D eigenvalue weighted by Crippen LogP contribution is 2.19. The SMILES string of the molecule is CCN1CCC(NC(=O)CSc2nc3ccccc3c(=O)n2CCN(C(C)C)C(C)C)CC1. The molecule has 0 atom stereocenters. The number of amides is 1. The molecule has 2 aromatic rings. The van der Waals surface area contributed by atoms with Crippen molar-refractivity contribution in [2.45, 2.75) is 77.3 Å². The first-order valence-electron chi connectivity index (χ1n) is 12.2. The van der Waals surface area contributed by atoms with Crippen molar-refractivity contribution in [2.24, 2.45) is 0 Å². The summed E-state index contributed by atoms with van der Waals surface area (Å²) < 4.78 is 1.75. The van der Waals surface area contributed by atoms with Crippen molar-refractivity contribution >= 4 is 28.6 Å². The number of hydrogen-bond donors (Lipinski definition) is 1. The van der Waals surface area contributed by atoms with Gasteiger partial charge < -0.3 is 10.2 Å². The Kier molecular flexibility index (Phi) is 9.35. The summed E-state index contributed by atoms with van der Waals surface area (Å²) in [5.41, 5.74) is 0.640. The average Bonchev–Trinajstić information content (AvgIpc) is 2.79. The van der Waals surface area contributed by atoms with E-state index in [0.717, 1.165) is 39.0 Å². The molecular formula is C25H39N5O2S. The topological polar surface area (TPSA) is 70.5 Å². The Morgan fingerprint density at radius 3 is 2.48 bits per heavy atom. The molecule has 1 aromatic carbocycles. The van der Waals surface area contributed by atoms with Crippen molar-refractivity contribution < 1.29 is 4.79 Å². The Morgan fingerprint density at radius 2 is 1.85 bits per heavy atom. The molecule has 0 radical (unpaired) electrons. The third kappa shape index (κ3) is 6.80. The first-order chi connectivity index (χ1) is 15.8. The van der Waals surface area contributed by atoms with Gasteiger partial charge in [0.05, 0.1) is 16.7 Å². The monoisotopic (exact) mass is 473 g/mol. The number of piperidine rings is 1. The molecule has 1 aromatic heterocycles. The van der Waals surface area contributed by atoms with Crippen LogP contribution in [0.25, 0.3) is 10.9 Å². The molecule has 0 unspecified atom stereocenters. The molecule has 1 saturated heterocycles. The largest absolute Gasteiger partial charge is 0.353 e. The molecule has 0 spiro atoms. The molecule has 3 rings (SSSR count). The summed E-state index contributed by atoms with van der Waals surface area (Å²) in [5, 5.41) is 4.41. The number of hydrogen-bond acceptors (Lipinski definition) is 6. The number of rotatable bonds is 10. The number of para-hydroxylation sites is 1. The maximum Gasteiger partial charge on any atom is 0.262 e. The lowest BCUT2D eigenvalue weighted by Crippen LogP contribution is -2.45. The first-order valence-corrected chi connectivity index (χ1v) is 13.2. The van der Waals surface area contributed by atoms with Crippen LogP contribution in [0.4, 0.5) is 0 Å². The lowest BCUT2D eigenvalue weighted by atomic mass is 10.1. The van der Waals surface area contributed by atoms with E-state index in [2.05, 4.69) is 49.7 Å². The van der Waals surface area contributed by atoms with Gasteiger partial charge in [0, 0.05) is 44.3 Å². The van der Waals surface area contributed by atoms with E-state index in [0.29, 0.717) is 34.7 Å². The maximum absolute atomic E-state index is 13.3. The van der Waals surface area contributed by atoms with E-state index < -0.39 is 0 Å². The van der Waals surface area contributed by atoms with Crippen LogP contribution in [0.5, 0.6) is 0 Å². The summed E-state index contributed by atoms with van der Waals surface area (Å²) >= 11 is 1.36. The van der Waals surface area contributed by atoms with Gasteiger partial charge in [0.25, 0.3) is 5.56 Å². The third-order valence-corrected chi connectivity index (χ3v) is 7.44. The fourth-order valence-corrected chi connectivity index (χ4v) is 5.41. The number of fused-ring (bicyclic) bond motifs is 1. The molecule has 1 N–H and O–H groups in total. The number of carbonyl (C=O) groups is 1. The number of thioether (sulfide) groups is 1. The highest BCUT2D eigenvalue weighted by atomic mass is 32.2. The minimum atomic E-state index is -0.0390. The summed E-state index contributed by atoms with van der Waals surface area (Å²) in [6.07, 6.45) is 1.98. The second-order valence-corrected chi connectivity index (χ2v) is 10.3. The molecule has 1 amide bonds. The molecule has 2 heterocycles. The van der Waals surface area contributed by atoms with Crippen molar-refractivity contribution in [1.29, 1.82) is 0 Å². The van der Waals surface area contributed by atoms with E-state index >= 15 is 0 Å². The molecule has 8 heteroatoms. The van der Waals surface area contributed by atoms with E-state index in [4.69, 9.17) is 4.98 Å². The zero-order chi connectivity index (χ0) is 24.0. The molecule has 182 valence electrons. The van der Waals surface area contributed by atoms with Gasteiger partial charge in [0.15, 0.2) is 5.16 Å². The van der Waals surface area contributed by atoms with E-state index in [9.17, 15) is 9.59 Å². The van der Waals surface area contributed by atoms with Gasteiger partial charge in [-0.2, -0.15) is 0 Å². The normalized spacial score (nSPS) is 15.8. The summed E-state index contributed by atoms with van der Waals surface area (Å²) in [5.74, 6) is 0.270. The highest BCUT2D eigenvalue weighted by molar-refractivity contribution is 7.99. The molecule has 7 nitrogen and oxygen atoms in total. The van der Waals surface area contributed by atoms with Crippen LogP contribution in [0, 0.1) is 0 Å². The third-order valence-electron chi connectivity index (χ3n) is 6.47. The Hall–Kier alpha value is -1.90. The summed E-state index contributed by atoms with van der Waals surface area (Å²) in [7, 11) is 0. The number of benzene rings is 1. The number of nitrogens with zero attached hydrogens (tertiary/aromatic N) is 4. The van der Waals surface area contributed by atoms with Crippen molar-refractivity contribution in [3.05, 3.63) is 34.6 Å². The minimum absolute atomic E-state index is 0.00916. The number of carbonyl (C=O) groups excluding carboxylic acids is 1. The predicted octanol–water partition coefficient (Wildman–Crippen LogP) is 3.21. The van der Waals surface area contributed by atoms with Crippen LogP contribution >= 0.6 is 11.8 Å². The number of likely N-dealkylation sites (tertiary alicyclic amines) is 1. The van der Waals surface area contributed by atoms with Gasteiger partial charge in [-0.3, -0.25) is 19.1 Å². The van der Waals surface area contributed by atoms with E-state index in [1.807, 2.05) is 24.3 Å². The first kappa shape index (κ1) is 25.7. The van der Waals surface area contributed by atoms with Gasteiger partial charge in [-0.15, -0.1) is 0 Å². The molecule has 0 bridgehead atoms. The zero-order valence-corrected chi connectivity index (χ0v) is 21.5. The molecule has 33 heavy (non-hydrogen) atoms. The highest BCUT2D eigenvalue weighted by Gasteiger charge is 2.21. The van der Waals surface area contributed by atoms with Crippen molar-refractivity contribution in [3.8, 4) is 0 Å².